The normalized spacial score (nSPS) is 13.7. The molecule has 0 spiro atoms. The van der Waals surface area contributed by atoms with Gasteiger partial charge in [0.2, 0.25) is 5.91 Å². The monoisotopic (exact) mass is 405 g/mol. The summed E-state index contributed by atoms with van der Waals surface area (Å²) in [5, 5.41) is 13.6. The number of benzene rings is 2. The van der Waals surface area contributed by atoms with E-state index in [4.69, 9.17) is 0 Å². The molecule has 1 amide bonds. The zero-order valence-electron chi connectivity index (χ0n) is 17.9. The summed E-state index contributed by atoms with van der Waals surface area (Å²) in [7, 11) is 1.98. The first-order valence-corrected chi connectivity index (χ1v) is 10.5. The second-order valence-corrected chi connectivity index (χ2v) is 7.98. The average Bonchev–Trinajstić information content (AvgIpc) is 3.16. The van der Waals surface area contributed by atoms with Crippen LogP contribution < -0.4 is 5.32 Å². The lowest BCUT2D eigenvalue weighted by atomic mass is 9.97. The van der Waals surface area contributed by atoms with Crippen molar-refractivity contribution in [1.82, 2.24) is 15.2 Å². The molecule has 5 heteroatoms. The van der Waals surface area contributed by atoms with Gasteiger partial charge < -0.3 is 15.4 Å². The molecule has 0 saturated carbocycles. The number of nitrogens with one attached hydrogen (secondary N) is 2. The molecule has 5 nitrogen and oxygen atoms in total. The van der Waals surface area contributed by atoms with Gasteiger partial charge in [-0.2, -0.15) is 0 Å². The summed E-state index contributed by atoms with van der Waals surface area (Å²) in [6, 6.07) is 15.0. The summed E-state index contributed by atoms with van der Waals surface area (Å²) < 4.78 is 0. The Balaban J connectivity index is 1.68. The maximum atomic E-state index is 13.0. The van der Waals surface area contributed by atoms with Gasteiger partial charge in [-0.05, 0) is 49.2 Å². The van der Waals surface area contributed by atoms with Gasteiger partial charge in [0.25, 0.3) is 0 Å². The molecule has 3 rings (SSSR count). The van der Waals surface area contributed by atoms with Crippen molar-refractivity contribution in [1.29, 1.82) is 0 Å². The second kappa shape index (κ2) is 10.1. The number of hydrogen-bond donors (Lipinski definition) is 3. The fourth-order valence-electron chi connectivity index (χ4n) is 3.58. The molecular formula is C25H31N3O2. The van der Waals surface area contributed by atoms with Crippen molar-refractivity contribution in [3.05, 3.63) is 72.1 Å². The Morgan fingerprint density at radius 1 is 1.20 bits per heavy atom. The maximum Gasteiger partial charge on any atom is 0.241 e. The van der Waals surface area contributed by atoms with Gasteiger partial charge in [-0.1, -0.05) is 50.6 Å². The van der Waals surface area contributed by atoms with Crippen LogP contribution in [0.5, 0.6) is 5.75 Å². The minimum absolute atomic E-state index is 0.00679. The number of aromatic amines is 1. The molecule has 0 bridgehead atoms. The van der Waals surface area contributed by atoms with E-state index in [0.29, 0.717) is 12.5 Å². The number of phenols is 1. The number of likely N-dealkylation sites (N-methyl/N-ethyl adjacent to an activating group) is 1. The van der Waals surface area contributed by atoms with Gasteiger partial charge in [0, 0.05) is 35.4 Å². The first-order valence-electron chi connectivity index (χ1n) is 10.5. The van der Waals surface area contributed by atoms with Crippen LogP contribution in [0.25, 0.3) is 17.0 Å². The molecule has 2 atom stereocenters. The predicted molar refractivity (Wildman–Crippen MR) is 123 cm³/mol. The van der Waals surface area contributed by atoms with Crippen LogP contribution in [0.1, 0.15) is 37.8 Å². The summed E-state index contributed by atoms with van der Waals surface area (Å²) >= 11 is 0. The van der Waals surface area contributed by atoms with Crippen LogP contribution in [0.2, 0.25) is 0 Å². The Morgan fingerprint density at radius 2 is 1.93 bits per heavy atom. The van der Waals surface area contributed by atoms with Gasteiger partial charge in [0.05, 0.1) is 6.04 Å². The van der Waals surface area contributed by atoms with Crippen molar-refractivity contribution in [3.8, 4) is 5.75 Å². The minimum Gasteiger partial charge on any atom is -0.508 e. The summed E-state index contributed by atoms with van der Waals surface area (Å²) in [5.41, 5.74) is 3.18. The van der Waals surface area contributed by atoms with Crippen LogP contribution in [-0.4, -0.2) is 34.0 Å². The van der Waals surface area contributed by atoms with Crippen molar-refractivity contribution in [2.24, 2.45) is 5.92 Å². The number of aromatic hydroxyl groups is 1. The molecule has 0 fully saturated rings. The van der Waals surface area contributed by atoms with Crippen LogP contribution in [0.15, 0.2) is 60.9 Å². The smallest absolute Gasteiger partial charge is 0.241 e. The molecule has 3 N–H and O–H groups in total. The van der Waals surface area contributed by atoms with Gasteiger partial charge >= 0.3 is 0 Å². The molecule has 2 unspecified atom stereocenters. The molecule has 1 heterocycles. The van der Waals surface area contributed by atoms with Crippen molar-refractivity contribution in [2.45, 2.75) is 39.3 Å². The van der Waals surface area contributed by atoms with Crippen molar-refractivity contribution in [3.63, 3.8) is 0 Å². The first-order chi connectivity index (χ1) is 14.5. The fraction of sp³-hybridized carbons (Fsp3) is 0.320. The SMILES string of the molecule is CCC(C)CC(C(=O)N/C=C/c1c[nH]c2ccccc12)N(C)Cc1ccc(O)cc1. The molecule has 0 saturated heterocycles. The summed E-state index contributed by atoms with van der Waals surface area (Å²) in [5.74, 6) is 0.686. The average molecular weight is 406 g/mol. The largest absolute Gasteiger partial charge is 0.508 e. The van der Waals surface area contributed by atoms with Crippen LogP contribution in [0, 0.1) is 5.92 Å². The van der Waals surface area contributed by atoms with E-state index in [1.165, 1.54) is 0 Å². The number of phenolic OH excluding ortho intramolecular Hbond substituents is 1. The fourth-order valence-corrected chi connectivity index (χ4v) is 3.58. The molecule has 0 aliphatic rings. The predicted octanol–water partition coefficient (Wildman–Crippen LogP) is 4.90. The first kappa shape index (κ1) is 21.7. The third-order valence-electron chi connectivity index (χ3n) is 5.64. The minimum atomic E-state index is -0.235. The number of fused-ring (bicyclic) bond motifs is 1. The van der Waals surface area contributed by atoms with E-state index in [2.05, 4.69) is 35.1 Å². The van der Waals surface area contributed by atoms with E-state index < -0.39 is 0 Å². The number of nitrogens with zero attached hydrogens (tertiary/aromatic N) is 1. The number of hydrogen-bond acceptors (Lipinski definition) is 3. The lowest BCUT2D eigenvalue weighted by Crippen LogP contribution is -2.44. The number of para-hydroxylation sites is 1. The number of H-pyrrole nitrogens is 1. The van der Waals surface area contributed by atoms with Crippen LogP contribution in [-0.2, 0) is 11.3 Å². The Kier molecular flexibility index (Phi) is 7.31. The lowest BCUT2D eigenvalue weighted by Gasteiger charge is -2.28. The molecule has 3 aromatic rings. The highest BCUT2D eigenvalue weighted by atomic mass is 16.3. The quantitative estimate of drug-likeness (QED) is 0.474. The Morgan fingerprint density at radius 3 is 2.67 bits per heavy atom. The third kappa shape index (κ3) is 5.51. The van der Waals surface area contributed by atoms with Crippen molar-refractivity contribution in [2.75, 3.05) is 7.05 Å². The van der Waals surface area contributed by atoms with E-state index in [1.54, 1.807) is 18.3 Å². The molecule has 30 heavy (non-hydrogen) atoms. The van der Waals surface area contributed by atoms with E-state index in [0.717, 1.165) is 34.9 Å². The zero-order valence-corrected chi connectivity index (χ0v) is 17.9. The zero-order chi connectivity index (χ0) is 21.5. The Labute approximate surface area is 178 Å². The number of rotatable bonds is 9. The van der Waals surface area contributed by atoms with Gasteiger partial charge in [-0.25, -0.2) is 0 Å². The van der Waals surface area contributed by atoms with Crippen molar-refractivity contribution >= 4 is 22.9 Å². The topological polar surface area (TPSA) is 68.4 Å². The molecule has 1 aromatic heterocycles. The second-order valence-electron chi connectivity index (χ2n) is 7.98. The number of carbonyl (C=O) groups excluding carboxylic acids is 1. The van der Waals surface area contributed by atoms with E-state index in [1.807, 2.05) is 49.7 Å². The van der Waals surface area contributed by atoms with Gasteiger partial charge in [0.1, 0.15) is 5.75 Å². The molecule has 2 aromatic carbocycles. The lowest BCUT2D eigenvalue weighted by molar-refractivity contribution is -0.125. The van der Waals surface area contributed by atoms with Crippen LogP contribution >= 0.6 is 0 Å². The molecule has 158 valence electrons. The molecule has 0 aliphatic carbocycles. The highest BCUT2D eigenvalue weighted by molar-refractivity contribution is 5.89. The highest BCUT2D eigenvalue weighted by Crippen LogP contribution is 2.20. The van der Waals surface area contributed by atoms with Crippen LogP contribution in [0.3, 0.4) is 0 Å². The summed E-state index contributed by atoms with van der Waals surface area (Å²) in [6.07, 6.45) is 7.42. The van der Waals surface area contributed by atoms with Gasteiger partial charge in [0.15, 0.2) is 0 Å². The number of amides is 1. The molecule has 0 radical (unpaired) electrons. The summed E-state index contributed by atoms with van der Waals surface area (Å²) in [6.45, 7) is 4.97. The third-order valence-corrected chi connectivity index (χ3v) is 5.64. The van der Waals surface area contributed by atoms with Gasteiger partial charge in [-0.3, -0.25) is 9.69 Å². The van der Waals surface area contributed by atoms with Gasteiger partial charge in [-0.15, -0.1) is 0 Å². The van der Waals surface area contributed by atoms with Crippen LogP contribution in [0.4, 0.5) is 0 Å². The standard InChI is InChI=1S/C25H31N3O2/c1-4-18(2)15-24(28(3)17-19-9-11-21(29)12-10-19)25(30)26-14-13-20-16-27-23-8-6-5-7-22(20)23/h5-14,16,18,24,27,29H,4,15,17H2,1-3H3,(H,26,30)/b14-13+. The van der Waals surface area contributed by atoms with E-state index >= 15 is 0 Å². The van der Waals surface area contributed by atoms with Crippen molar-refractivity contribution < 1.29 is 9.90 Å². The Bertz CT molecular complexity index is 991. The maximum absolute atomic E-state index is 13.0. The molecule has 0 aliphatic heterocycles. The molecular weight excluding hydrogens is 374 g/mol. The number of carbonyl (C=O) groups is 1. The Hall–Kier alpha value is -3.05. The highest BCUT2D eigenvalue weighted by Gasteiger charge is 2.24. The van der Waals surface area contributed by atoms with E-state index in [9.17, 15) is 9.90 Å². The summed E-state index contributed by atoms with van der Waals surface area (Å²) in [4.78, 5) is 18.3. The van der Waals surface area contributed by atoms with E-state index in [-0.39, 0.29) is 17.7 Å². The number of aromatic nitrogens is 1.